The summed E-state index contributed by atoms with van der Waals surface area (Å²) in [6.07, 6.45) is -10.7. The Labute approximate surface area is 144 Å². The third kappa shape index (κ3) is 4.10. The Bertz CT molecular complexity index is 591. The average molecular weight is 396 g/mol. The Kier molecular flexibility index (Phi) is 6.33. The van der Waals surface area contributed by atoms with Crippen molar-refractivity contribution in [2.24, 2.45) is 0 Å². The molecule has 1 nitrogen and oxygen atoms in total. The van der Waals surface area contributed by atoms with Crippen molar-refractivity contribution >= 4 is 0 Å². The van der Waals surface area contributed by atoms with Crippen LogP contribution in [-0.4, -0.2) is 31.1 Å². The summed E-state index contributed by atoms with van der Waals surface area (Å²) in [5, 5.41) is 0. The molecule has 0 aliphatic carbocycles. The van der Waals surface area contributed by atoms with Crippen molar-refractivity contribution < 1.29 is 44.3 Å². The molecule has 10 heteroatoms. The van der Waals surface area contributed by atoms with E-state index < -0.39 is 36.5 Å². The zero-order valence-corrected chi connectivity index (χ0v) is 14.0. The SMILES string of the molecule is COC(CC(F)(F)C(F)(F)C(F)(F)C(F)(F)F)c1ccc(C(C)C)cc1. The van der Waals surface area contributed by atoms with E-state index in [1.807, 2.05) is 13.8 Å². The van der Waals surface area contributed by atoms with Crippen LogP contribution in [0.5, 0.6) is 0 Å². The number of hydrogen-bond acceptors (Lipinski definition) is 1. The maximum absolute atomic E-state index is 13.7. The van der Waals surface area contributed by atoms with E-state index in [4.69, 9.17) is 0 Å². The number of rotatable bonds is 7. The highest BCUT2D eigenvalue weighted by atomic mass is 19.4. The van der Waals surface area contributed by atoms with Gasteiger partial charge >= 0.3 is 23.9 Å². The van der Waals surface area contributed by atoms with Crippen LogP contribution in [0.25, 0.3) is 0 Å². The number of ether oxygens (including phenoxy) is 1. The maximum Gasteiger partial charge on any atom is 0.460 e. The molecule has 0 saturated carbocycles. The highest BCUT2D eigenvalue weighted by molar-refractivity contribution is 5.26. The molecule has 1 atom stereocenters. The van der Waals surface area contributed by atoms with Gasteiger partial charge in [0.1, 0.15) is 0 Å². The zero-order chi connectivity index (χ0) is 20.6. The van der Waals surface area contributed by atoms with Gasteiger partial charge in [0, 0.05) is 13.5 Å². The van der Waals surface area contributed by atoms with E-state index in [-0.39, 0.29) is 11.5 Å². The lowest BCUT2D eigenvalue weighted by atomic mass is 9.93. The summed E-state index contributed by atoms with van der Waals surface area (Å²) in [5.74, 6) is -19.2. The van der Waals surface area contributed by atoms with Crippen LogP contribution >= 0.6 is 0 Å². The van der Waals surface area contributed by atoms with Gasteiger partial charge in [0.05, 0.1) is 6.10 Å². The number of alkyl halides is 9. The molecule has 0 spiro atoms. The molecule has 1 aromatic rings. The van der Waals surface area contributed by atoms with Gasteiger partial charge in [0.2, 0.25) is 0 Å². The minimum atomic E-state index is -6.90. The Balaban J connectivity index is 3.15. The molecule has 0 heterocycles. The van der Waals surface area contributed by atoms with Crippen LogP contribution in [0.15, 0.2) is 24.3 Å². The lowest BCUT2D eigenvalue weighted by Crippen LogP contribution is -2.61. The van der Waals surface area contributed by atoms with Crippen LogP contribution in [0.4, 0.5) is 39.5 Å². The number of hydrogen-bond donors (Lipinski definition) is 0. The first-order valence-electron chi connectivity index (χ1n) is 7.41. The summed E-state index contributed by atoms with van der Waals surface area (Å²) in [5.41, 5.74) is 0.729. The predicted molar refractivity (Wildman–Crippen MR) is 75.8 cm³/mol. The van der Waals surface area contributed by atoms with Gasteiger partial charge in [-0.2, -0.15) is 39.5 Å². The summed E-state index contributed by atoms with van der Waals surface area (Å²) in [7, 11) is 0.858. The van der Waals surface area contributed by atoms with E-state index in [1.165, 1.54) is 24.3 Å². The largest absolute Gasteiger partial charge is 0.460 e. The standard InChI is InChI=1S/C16H17F9O/c1-9(2)10-4-6-11(7-5-10)12(26-3)8-13(17,18)14(19,20)15(21,22)16(23,24)25/h4-7,9,12H,8H2,1-3H3. The van der Waals surface area contributed by atoms with Crippen LogP contribution in [0.3, 0.4) is 0 Å². The van der Waals surface area contributed by atoms with Gasteiger partial charge in [-0.3, -0.25) is 0 Å². The van der Waals surface area contributed by atoms with Crippen molar-refractivity contribution in [1.82, 2.24) is 0 Å². The minimum Gasteiger partial charge on any atom is -0.377 e. The van der Waals surface area contributed by atoms with Gasteiger partial charge in [-0.05, 0) is 17.0 Å². The molecule has 0 N–H and O–H groups in total. The van der Waals surface area contributed by atoms with Crippen molar-refractivity contribution in [1.29, 1.82) is 0 Å². The number of halogens is 9. The molecule has 26 heavy (non-hydrogen) atoms. The van der Waals surface area contributed by atoms with E-state index in [1.54, 1.807) is 0 Å². The van der Waals surface area contributed by atoms with Crippen LogP contribution < -0.4 is 0 Å². The van der Waals surface area contributed by atoms with Crippen LogP contribution in [0, 0.1) is 0 Å². The van der Waals surface area contributed by atoms with Crippen molar-refractivity contribution in [2.45, 2.75) is 56.2 Å². The minimum absolute atomic E-state index is 0.0531. The number of methoxy groups -OCH3 is 1. The number of benzene rings is 1. The lowest BCUT2D eigenvalue weighted by molar-refractivity contribution is -0.398. The van der Waals surface area contributed by atoms with E-state index in [2.05, 4.69) is 4.74 Å². The summed E-state index contributed by atoms with van der Waals surface area (Å²) >= 11 is 0. The van der Waals surface area contributed by atoms with E-state index in [9.17, 15) is 39.5 Å². The smallest absolute Gasteiger partial charge is 0.377 e. The summed E-state index contributed by atoms with van der Waals surface area (Å²) in [4.78, 5) is 0. The fraction of sp³-hybridized carbons (Fsp3) is 0.625. The van der Waals surface area contributed by atoms with Gasteiger partial charge in [-0.25, -0.2) is 0 Å². The maximum atomic E-state index is 13.7. The molecular formula is C16H17F9O. The van der Waals surface area contributed by atoms with Crippen LogP contribution in [0.2, 0.25) is 0 Å². The quantitative estimate of drug-likeness (QED) is 0.488. The van der Waals surface area contributed by atoms with Crippen LogP contribution in [-0.2, 0) is 4.74 Å². The first-order chi connectivity index (χ1) is 11.6. The Morgan fingerprint density at radius 2 is 1.19 bits per heavy atom. The molecule has 0 saturated heterocycles. The molecular weight excluding hydrogens is 379 g/mol. The normalized spacial score (nSPS) is 15.4. The molecule has 0 bridgehead atoms. The predicted octanol–water partition coefficient (Wildman–Crippen LogP) is 6.36. The van der Waals surface area contributed by atoms with Crippen LogP contribution in [0.1, 0.15) is 43.4 Å². The second-order valence-corrected chi connectivity index (χ2v) is 6.10. The van der Waals surface area contributed by atoms with Crippen molar-refractivity contribution in [3.63, 3.8) is 0 Å². The van der Waals surface area contributed by atoms with Crippen molar-refractivity contribution in [2.75, 3.05) is 7.11 Å². The average Bonchev–Trinajstić information content (AvgIpc) is 2.51. The van der Waals surface area contributed by atoms with Gasteiger partial charge in [-0.1, -0.05) is 38.1 Å². The fourth-order valence-electron chi connectivity index (χ4n) is 2.20. The van der Waals surface area contributed by atoms with Crippen molar-refractivity contribution in [3.8, 4) is 0 Å². The Morgan fingerprint density at radius 1 is 0.769 bits per heavy atom. The third-order valence-corrected chi connectivity index (χ3v) is 3.91. The summed E-state index contributed by atoms with van der Waals surface area (Å²) in [6.45, 7) is 3.66. The third-order valence-electron chi connectivity index (χ3n) is 3.91. The second-order valence-electron chi connectivity index (χ2n) is 6.10. The molecule has 0 aromatic heterocycles. The molecule has 0 radical (unpaired) electrons. The highest BCUT2D eigenvalue weighted by Gasteiger charge is 2.81. The summed E-state index contributed by atoms with van der Waals surface area (Å²) < 4.78 is 121. The molecule has 0 amide bonds. The Hall–Kier alpha value is -1.45. The zero-order valence-electron chi connectivity index (χ0n) is 14.0. The van der Waals surface area contributed by atoms with Gasteiger partial charge in [0.15, 0.2) is 0 Å². The van der Waals surface area contributed by atoms with Gasteiger partial charge in [0.25, 0.3) is 0 Å². The first kappa shape index (κ1) is 22.6. The molecule has 0 fully saturated rings. The van der Waals surface area contributed by atoms with E-state index in [0.717, 1.165) is 12.7 Å². The molecule has 1 rings (SSSR count). The van der Waals surface area contributed by atoms with E-state index >= 15 is 0 Å². The van der Waals surface area contributed by atoms with Crippen molar-refractivity contribution in [3.05, 3.63) is 35.4 Å². The van der Waals surface area contributed by atoms with Gasteiger partial charge < -0.3 is 4.74 Å². The molecule has 1 aromatic carbocycles. The summed E-state index contributed by atoms with van der Waals surface area (Å²) in [6, 6.07) is 5.51. The second kappa shape index (κ2) is 7.28. The topological polar surface area (TPSA) is 9.23 Å². The molecule has 0 aliphatic rings. The Morgan fingerprint density at radius 3 is 1.54 bits per heavy atom. The van der Waals surface area contributed by atoms with E-state index in [0.29, 0.717) is 0 Å². The molecule has 150 valence electrons. The monoisotopic (exact) mass is 396 g/mol. The highest BCUT2D eigenvalue weighted by Crippen LogP contribution is 2.55. The van der Waals surface area contributed by atoms with Gasteiger partial charge in [-0.15, -0.1) is 0 Å². The lowest BCUT2D eigenvalue weighted by Gasteiger charge is -2.35. The first-order valence-corrected chi connectivity index (χ1v) is 7.41. The molecule has 0 aliphatic heterocycles. The fourth-order valence-corrected chi connectivity index (χ4v) is 2.20. The molecule has 1 unspecified atom stereocenters.